The maximum absolute atomic E-state index is 11.0. The molecular formula is C16H25NO2. The molecular weight excluding hydrogens is 238 g/mol. The van der Waals surface area contributed by atoms with Gasteiger partial charge in [0, 0.05) is 11.6 Å². The number of hydrogen-bond donors (Lipinski definition) is 2. The van der Waals surface area contributed by atoms with Crippen molar-refractivity contribution in [2.45, 2.75) is 51.2 Å². The van der Waals surface area contributed by atoms with Gasteiger partial charge in [0.15, 0.2) is 0 Å². The van der Waals surface area contributed by atoms with E-state index in [0.717, 1.165) is 49.1 Å². The summed E-state index contributed by atoms with van der Waals surface area (Å²) < 4.78 is 5.42. The molecule has 0 heterocycles. The van der Waals surface area contributed by atoms with Crippen molar-refractivity contribution in [3.05, 3.63) is 29.3 Å². The molecule has 2 rings (SSSR count). The molecule has 0 unspecified atom stereocenters. The molecule has 106 valence electrons. The summed E-state index contributed by atoms with van der Waals surface area (Å²) in [6.07, 6.45) is 3.62. The van der Waals surface area contributed by atoms with E-state index < -0.39 is 5.60 Å². The fourth-order valence-electron chi connectivity index (χ4n) is 3.04. The fourth-order valence-corrected chi connectivity index (χ4v) is 3.04. The Morgan fingerprint density at radius 3 is 2.63 bits per heavy atom. The smallest absolute Gasteiger partial charge is 0.124 e. The Kier molecular flexibility index (Phi) is 4.48. The third kappa shape index (κ3) is 3.10. The first kappa shape index (κ1) is 14.4. The summed E-state index contributed by atoms with van der Waals surface area (Å²) in [4.78, 5) is 0. The van der Waals surface area contributed by atoms with Crippen LogP contribution in [0, 0.1) is 6.92 Å². The third-order valence-electron chi connectivity index (χ3n) is 4.16. The number of aryl methyl sites for hydroxylation is 1. The molecule has 0 atom stereocenters. The fraction of sp³-hybridized carbons (Fsp3) is 0.625. The van der Waals surface area contributed by atoms with Gasteiger partial charge in [-0.2, -0.15) is 0 Å². The Morgan fingerprint density at radius 2 is 2.05 bits per heavy atom. The van der Waals surface area contributed by atoms with Crippen molar-refractivity contribution in [2.75, 3.05) is 13.7 Å². The molecule has 0 amide bonds. The van der Waals surface area contributed by atoms with Crippen LogP contribution in [0.1, 0.15) is 43.7 Å². The average Bonchev–Trinajstić information content (AvgIpc) is 2.42. The van der Waals surface area contributed by atoms with Crippen LogP contribution in [0.4, 0.5) is 0 Å². The highest BCUT2D eigenvalue weighted by Gasteiger charge is 2.36. The van der Waals surface area contributed by atoms with Crippen LogP contribution in [0.15, 0.2) is 18.2 Å². The van der Waals surface area contributed by atoms with E-state index in [1.807, 2.05) is 12.1 Å². The van der Waals surface area contributed by atoms with Crippen molar-refractivity contribution < 1.29 is 9.84 Å². The highest BCUT2D eigenvalue weighted by Crippen LogP contribution is 2.41. The number of aliphatic hydroxyl groups is 1. The highest BCUT2D eigenvalue weighted by molar-refractivity contribution is 5.41. The van der Waals surface area contributed by atoms with Crippen LogP contribution in [0.3, 0.4) is 0 Å². The quantitative estimate of drug-likeness (QED) is 0.877. The molecule has 1 aliphatic rings. The van der Waals surface area contributed by atoms with Gasteiger partial charge in [-0.15, -0.1) is 0 Å². The molecule has 1 aliphatic carbocycles. The van der Waals surface area contributed by atoms with Gasteiger partial charge in [0.2, 0.25) is 0 Å². The van der Waals surface area contributed by atoms with Gasteiger partial charge in [-0.05, 0) is 51.3 Å². The molecule has 1 aromatic carbocycles. The molecule has 0 bridgehead atoms. The highest BCUT2D eigenvalue weighted by atomic mass is 16.5. The largest absolute Gasteiger partial charge is 0.496 e. The minimum atomic E-state index is -0.733. The zero-order valence-electron chi connectivity index (χ0n) is 12.2. The Morgan fingerprint density at radius 1 is 1.37 bits per heavy atom. The summed E-state index contributed by atoms with van der Waals surface area (Å²) in [5.74, 6) is 0.801. The van der Waals surface area contributed by atoms with Gasteiger partial charge in [0.1, 0.15) is 5.75 Å². The number of rotatable bonds is 4. The lowest BCUT2D eigenvalue weighted by molar-refractivity contribution is -0.0100. The van der Waals surface area contributed by atoms with Gasteiger partial charge in [0.25, 0.3) is 0 Å². The number of ether oxygens (including phenoxy) is 1. The van der Waals surface area contributed by atoms with E-state index in [0.29, 0.717) is 6.04 Å². The lowest BCUT2D eigenvalue weighted by atomic mass is 9.77. The number of hydrogen-bond acceptors (Lipinski definition) is 3. The lowest BCUT2D eigenvalue weighted by Gasteiger charge is -2.37. The topological polar surface area (TPSA) is 41.5 Å². The van der Waals surface area contributed by atoms with Crippen LogP contribution in [0.5, 0.6) is 5.75 Å². The van der Waals surface area contributed by atoms with Gasteiger partial charge in [-0.25, -0.2) is 0 Å². The minimum Gasteiger partial charge on any atom is -0.496 e. The van der Waals surface area contributed by atoms with Gasteiger partial charge in [0.05, 0.1) is 12.7 Å². The molecule has 0 saturated heterocycles. The molecule has 2 N–H and O–H groups in total. The summed E-state index contributed by atoms with van der Waals surface area (Å²) in [7, 11) is 1.67. The van der Waals surface area contributed by atoms with E-state index in [-0.39, 0.29) is 0 Å². The van der Waals surface area contributed by atoms with Crippen molar-refractivity contribution in [3.63, 3.8) is 0 Å². The maximum atomic E-state index is 11.0. The van der Waals surface area contributed by atoms with E-state index in [9.17, 15) is 5.11 Å². The lowest BCUT2D eigenvalue weighted by Crippen LogP contribution is -2.39. The molecule has 1 fully saturated rings. The SMILES string of the molecule is CCNC1CCC(O)(c2cc(C)ccc2OC)CC1. The van der Waals surface area contributed by atoms with E-state index in [2.05, 4.69) is 25.2 Å². The molecule has 0 radical (unpaired) electrons. The number of methoxy groups -OCH3 is 1. The maximum Gasteiger partial charge on any atom is 0.124 e. The van der Waals surface area contributed by atoms with Crippen molar-refractivity contribution in [2.24, 2.45) is 0 Å². The van der Waals surface area contributed by atoms with Crippen LogP contribution in [-0.4, -0.2) is 24.8 Å². The molecule has 19 heavy (non-hydrogen) atoms. The summed E-state index contributed by atoms with van der Waals surface area (Å²) in [5.41, 5.74) is 1.38. The van der Waals surface area contributed by atoms with Gasteiger partial charge >= 0.3 is 0 Å². The normalized spacial score (nSPS) is 27.3. The summed E-state index contributed by atoms with van der Waals surface area (Å²) in [6.45, 7) is 5.18. The Hall–Kier alpha value is -1.06. The number of benzene rings is 1. The average molecular weight is 263 g/mol. The summed E-state index contributed by atoms with van der Waals surface area (Å²) in [6, 6.07) is 6.59. The van der Waals surface area contributed by atoms with Crippen molar-refractivity contribution in [1.29, 1.82) is 0 Å². The Labute approximate surface area is 116 Å². The van der Waals surface area contributed by atoms with Crippen LogP contribution >= 0.6 is 0 Å². The van der Waals surface area contributed by atoms with Crippen molar-refractivity contribution >= 4 is 0 Å². The molecule has 1 aromatic rings. The van der Waals surface area contributed by atoms with Crippen LogP contribution in [-0.2, 0) is 5.60 Å². The van der Waals surface area contributed by atoms with E-state index in [1.165, 1.54) is 0 Å². The standard InChI is InChI=1S/C16H25NO2/c1-4-17-13-7-9-16(18,10-8-13)14-11-12(2)5-6-15(14)19-3/h5-6,11,13,17-18H,4,7-10H2,1-3H3. The molecule has 3 nitrogen and oxygen atoms in total. The monoisotopic (exact) mass is 263 g/mol. The van der Waals surface area contributed by atoms with Crippen LogP contribution < -0.4 is 10.1 Å². The van der Waals surface area contributed by atoms with Crippen molar-refractivity contribution in [3.8, 4) is 5.75 Å². The van der Waals surface area contributed by atoms with E-state index >= 15 is 0 Å². The van der Waals surface area contributed by atoms with E-state index in [4.69, 9.17) is 4.74 Å². The second-order valence-electron chi connectivity index (χ2n) is 5.57. The Balaban J connectivity index is 2.19. The van der Waals surface area contributed by atoms with Gasteiger partial charge in [-0.3, -0.25) is 0 Å². The second-order valence-corrected chi connectivity index (χ2v) is 5.57. The first-order chi connectivity index (χ1) is 9.09. The second kappa shape index (κ2) is 5.93. The third-order valence-corrected chi connectivity index (χ3v) is 4.16. The van der Waals surface area contributed by atoms with Crippen molar-refractivity contribution in [1.82, 2.24) is 5.32 Å². The van der Waals surface area contributed by atoms with Gasteiger partial charge < -0.3 is 15.2 Å². The minimum absolute atomic E-state index is 0.543. The zero-order chi connectivity index (χ0) is 13.9. The van der Waals surface area contributed by atoms with Gasteiger partial charge in [-0.1, -0.05) is 18.6 Å². The molecule has 0 aromatic heterocycles. The molecule has 3 heteroatoms. The molecule has 0 spiro atoms. The summed E-state index contributed by atoms with van der Waals surface area (Å²) in [5, 5.41) is 14.4. The first-order valence-electron chi connectivity index (χ1n) is 7.20. The Bertz CT molecular complexity index is 423. The van der Waals surface area contributed by atoms with E-state index in [1.54, 1.807) is 7.11 Å². The first-order valence-corrected chi connectivity index (χ1v) is 7.20. The van der Waals surface area contributed by atoms with Crippen LogP contribution in [0.25, 0.3) is 0 Å². The predicted molar refractivity (Wildman–Crippen MR) is 77.6 cm³/mol. The zero-order valence-corrected chi connectivity index (χ0v) is 12.2. The van der Waals surface area contributed by atoms with Crippen LogP contribution in [0.2, 0.25) is 0 Å². The molecule has 1 saturated carbocycles. The number of nitrogens with one attached hydrogen (secondary N) is 1. The predicted octanol–water partition coefficient (Wildman–Crippen LogP) is 2.74. The molecule has 0 aliphatic heterocycles. The summed E-state index contributed by atoms with van der Waals surface area (Å²) >= 11 is 0.